The molecule has 0 bridgehead atoms. The van der Waals surface area contributed by atoms with Crippen LogP contribution in [0.3, 0.4) is 0 Å². The SMILES string of the molecule is C[C@@H](NC(=O)CC1(N)CCCCC1)c1ccccc1Cl. The number of amides is 1. The van der Waals surface area contributed by atoms with Gasteiger partial charge in [0.25, 0.3) is 0 Å². The first-order valence-electron chi connectivity index (χ1n) is 7.33. The normalized spacial score (nSPS) is 19.4. The van der Waals surface area contributed by atoms with Crippen molar-refractivity contribution in [2.24, 2.45) is 5.73 Å². The molecular weight excluding hydrogens is 272 g/mol. The van der Waals surface area contributed by atoms with Crippen LogP contribution in [-0.4, -0.2) is 11.4 Å². The van der Waals surface area contributed by atoms with Gasteiger partial charge < -0.3 is 11.1 Å². The molecule has 1 aromatic rings. The number of hydrogen-bond acceptors (Lipinski definition) is 2. The van der Waals surface area contributed by atoms with Crippen LogP contribution in [0.1, 0.15) is 57.1 Å². The standard InChI is InChI=1S/C16H23ClN2O/c1-12(13-7-3-4-8-14(13)17)19-15(20)11-16(18)9-5-2-6-10-16/h3-4,7-8,12H,2,5-6,9-11,18H2,1H3,(H,19,20)/t12-/m1/s1. The molecule has 110 valence electrons. The molecular formula is C16H23ClN2O. The van der Waals surface area contributed by atoms with Crippen LogP contribution in [0.25, 0.3) is 0 Å². The molecule has 0 aliphatic heterocycles. The van der Waals surface area contributed by atoms with E-state index in [-0.39, 0.29) is 17.5 Å². The predicted molar refractivity (Wildman–Crippen MR) is 82.6 cm³/mol. The van der Waals surface area contributed by atoms with Crippen LogP contribution in [0.5, 0.6) is 0 Å². The van der Waals surface area contributed by atoms with Gasteiger partial charge in [-0.1, -0.05) is 49.1 Å². The van der Waals surface area contributed by atoms with Crippen LogP contribution < -0.4 is 11.1 Å². The van der Waals surface area contributed by atoms with Gasteiger partial charge in [-0.2, -0.15) is 0 Å². The van der Waals surface area contributed by atoms with Crippen molar-refractivity contribution in [3.8, 4) is 0 Å². The molecule has 4 heteroatoms. The maximum Gasteiger partial charge on any atom is 0.222 e. The minimum atomic E-state index is -0.317. The Hall–Kier alpha value is -1.06. The fourth-order valence-corrected chi connectivity index (χ4v) is 3.25. The molecule has 1 aromatic carbocycles. The van der Waals surface area contributed by atoms with E-state index >= 15 is 0 Å². The highest BCUT2D eigenvalue weighted by Crippen LogP contribution is 2.29. The number of hydrogen-bond donors (Lipinski definition) is 2. The second-order valence-electron chi connectivity index (χ2n) is 5.91. The van der Waals surface area contributed by atoms with Gasteiger partial charge in [-0.15, -0.1) is 0 Å². The highest BCUT2D eigenvalue weighted by atomic mass is 35.5. The Kier molecular flexibility index (Phi) is 5.06. The highest BCUT2D eigenvalue weighted by Gasteiger charge is 2.30. The largest absolute Gasteiger partial charge is 0.349 e. The number of nitrogens with two attached hydrogens (primary N) is 1. The number of nitrogens with one attached hydrogen (secondary N) is 1. The van der Waals surface area contributed by atoms with Crippen LogP contribution in [0.15, 0.2) is 24.3 Å². The zero-order chi connectivity index (χ0) is 14.6. The van der Waals surface area contributed by atoms with E-state index in [1.54, 1.807) is 0 Å². The summed E-state index contributed by atoms with van der Waals surface area (Å²) in [6, 6.07) is 7.49. The Balaban J connectivity index is 1.92. The van der Waals surface area contributed by atoms with E-state index in [1.807, 2.05) is 31.2 Å². The van der Waals surface area contributed by atoms with Crippen LogP contribution >= 0.6 is 11.6 Å². The van der Waals surface area contributed by atoms with Crippen LogP contribution in [-0.2, 0) is 4.79 Å². The summed E-state index contributed by atoms with van der Waals surface area (Å²) in [7, 11) is 0. The van der Waals surface area contributed by atoms with Crippen molar-refractivity contribution in [3.63, 3.8) is 0 Å². The number of carbonyl (C=O) groups excluding carboxylic acids is 1. The molecule has 3 nitrogen and oxygen atoms in total. The van der Waals surface area contributed by atoms with E-state index in [1.165, 1.54) is 6.42 Å². The van der Waals surface area contributed by atoms with Gasteiger partial charge in [0.05, 0.1) is 6.04 Å². The molecule has 0 saturated heterocycles. The fourth-order valence-electron chi connectivity index (χ4n) is 2.95. The third-order valence-corrected chi connectivity index (χ3v) is 4.46. The number of benzene rings is 1. The predicted octanol–water partition coefficient (Wildman–Crippen LogP) is 3.57. The minimum Gasteiger partial charge on any atom is -0.349 e. The first-order valence-corrected chi connectivity index (χ1v) is 7.71. The summed E-state index contributed by atoms with van der Waals surface area (Å²) in [6.45, 7) is 1.95. The third kappa shape index (κ3) is 3.97. The van der Waals surface area contributed by atoms with E-state index < -0.39 is 0 Å². The van der Waals surface area contributed by atoms with Crippen molar-refractivity contribution >= 4 is 17.5 Å². The van der Waals surface area contributed by atoms with E-state index in [0.29, 0.717) is 11.4 Å². The Labute approximate surface area is 125 Å². The van der Waals surface area contributed by atoms with E-state index in [0.717, 1.165) is 31.2 Å². The molecule has 1 atom stereocenters. The number of carbonyl (C=O) groups is 1. The fraction of sp³-hybridized carbons (Fsp3) is 0.562. The number of rotatable bonds is 4. The molecule has 1 aliphatic rings. The average Bonchev–Trinajstić information content (AvgIpc) is 2.39. The van der Waals surface area contributed by atoms with Gasteiger partial charge in [0.15, 0.2) is 0 Å². The molecule has 0 heterocycles. The van der Waals surface area contributed by atoms with Gasteiger partial charge in [-0.25, -0.2) is 0 Å². The summed E-state index contributed by atoms with van der Waals surface area (Å²) >= 11 is 6.15. The Bertz CT molecular complexity index is 469. The van der Waals surface area contributed by atoms with Crippen molar-refractivity contribution in [2.75, 3.05) is 0 Å². The van der Waals surface area contributed by atoms with Gasteiger partial charge >= 0.3 is 0 Å². The Morgan fingerprint density at radius 1 is 1.35 bits per heavy atom. The summed E-state index contributed by atoms with van der Waals surface area (Å²) < 4.78 is 0. The van der Waals surface area contributed by atoms with Crippen molar-refractivity contribution in [3.05, 3.63) is 34.9 Å². The van der Waals surface area contributed by atoms with Crippen molar-refractivity contribution in [1.29, 1.82) is 0 Å². The van der Waals surface area contributed by atoms with Crippen molar-refractivity contribution in [1.82, 2.24) is 5.32 Å². The third-order valence-electron chi connectivity index (χ3n) is 4.11. The molecule has 2 rings (SSSR count). The molecule has 0 radical (unpaired) electrons. The van der Waals surface area contributed by atoms with Crippen molar-refractivity contribution < 1.29 is 4.79 Å². The summed E-state index contributed by atoms with van der Waals surface area (Å²) in [6.07, 6.45) is 5.79. The first kappa shape index (κ1) is 15.3. The quantitative estimate of drug-likeness (QED) is 0.892. The van der Waals surface area contributed by atoms with Crippen LogP contribution in [0.2, 0.25) is 5.02 Å². The zero-order valence-electron chi connectivity index (χ0n) is 12.0. The Morgan fingerprint density at radius 2 is 2.00 bits per heavy atom. The van der Waals surface area contributed by atoms with Gasteiger partial charge in [-0.05, 0) is 31.4 Å². The summed E-state index contributed by atoms with van der Waals surface area (Å²) in [5, 5.41) is 3.69. The van der Waals surface area contributed by atoms with Gasteiger partial charge in [0.1, 0.15) is 0 Å². The maximum absolute atomic E-state index is 12.2. The maximum atomic E-state index is 12.2. The van der Waals surface area contributed by atoms with E-state index in [9.17, 15) is 4.79 Å². The van der Waals surface area contributed by atoms with Gasteiger partial charge in [0.2, 0.25) is 5.91 Å². The smallest absolute Gasteiger partial charge is 0.222 e. The lowest BCUT2D eigenvalue weighted by Crippen LogP contribution is -2.46. The molecule has 1 aliphatic carbocycles. The van der Waals surface area contributed by atoms with Crippen LogP contribution in [0, 0.1) is 0 Å². The molecule has 1 amide bonds. The molecule has 1 saturated carbocycles. The lowest BCUT2D eigenvalue weighted by Gasteiger charge is -2.33. The monoisotopic (exact) mass is 294 g/mol. The van der Waals surface area contributed by atoms with E-state index in [2.05, 4.69) is 5.32 Å². The van der Waals surface area contributed by atoms with Gasteiger partial charge in [0, 0.05) is 17.0 Å². The first-order chi connectivity index (χ1) is 9.50. The second-order valence-corrected chi connectivity index (χ2v) is 6.32. The molecule has 0 aromatic heterocycles. The topological polar surface area (TPSA) is 55.1 Å². The van der Waals surface area contributed by atoms with Crippen LogP contribution in [0.4, 0.5) is 0 Å². The number of halogens is 1. The summed E-state index contributed by atoms with van der Waals surface area (Å²) in [5.41, 5.74) is 6.94. The minimum absolute atomic E-state index is 0.0156. The van der Waals surface area contributed by atoms with E-state index in [4.69, 9.17) is 17.3 Å². The molecule has 0 spiro atoms. The molecule has 1 fully saturated rings. The lowest BCUT2D eigenvalue weighted by molar-refractivity contribution is -0.123. The second kappa shape index (κ2) is 6.59. The summed E-state index contributed by atoms with van der Waals surface area (Å²) in [4.78, 5) is 12.2. The summed E-state index contributed by atoms with van der Waals surface area (Å²) in [5.74, 6) is 0.0156. The highest BCUT2D eigenvalue weighted by molar-refractivity contribution is 6.31. The molecule has 0 unspecified atom stereocenters. The molecule has 20 heavy (non-hydrogen) atoms. The van der Waals surface area contributed by atoms with Crippen molar-refractivity contribution in [2.45, 2.75) is 57.0 Å². The van der Waals surface area contributed by atoms with Gasteiger partial charge in [-0.3, -0.25) is 4.79 Å². The Morgan fingerprint density at radius 3 is 2.65 bits per heavy atom. The average molecular weight is 295 g/mol. The molecule has 3 N–H and O–H groups in total. The lowest BCUT2D eigenvalue weighted by atomic mass is 9.80. The zero-order valence-corrected chi connectivity index (χ0v) is 12.7.